The van der Waals surface area contributed by atoms with Gasteiger partial charge in [0.25, 0.3) is 5.91 Å². The van der Waals surface area contributed by atoms with Crippen LogP contribution in [0.25, 0.3) is 0 Å². The van der Waals surface area contributed by atoms with Crippen LogP contribution in [0.5, 0.6) is 0 Å². The number of aromatic nitrogens is 2. The van der Waals surface area contributed by atoms with Crippen LogP contribution >= 0.6 is 0 Å². The number of carbonyl (C=O) groups is 2. The summed E-state index contributed by atoms with van der Waals surface area (Å²) in [6.07, 6.45) is 0.302. The molecule has 0 fully saturated rings. The van der Waals surface area contributed by atoms with Crippen molar-refractivity contribution in [1.29, 1.82) is 0 Å². The Hall–Kier alpha value is -2.76. The second-order valence-corrected chi connectivity index (χ2v) is 5.03. The third-order valence-electron chi connectivity index (χ3n) is 3.20. The average Bonchev–Trinajstić information content (AvgIpc) is 2.76. The summed E-state index contributed by atoms with van der Waals surface area (Å²) in [6.45, 7) is 3.69. The van der Waals surface area contributed by atoms with Gasteiger partial charge in [-0.1, -0.05) is 0 Å². The minimum atomic E-state index is -0.290. The van der Waals surface area contributed by atoms with Gasteiger partial charge >= 0.3 is 0 Å². The zero-order valence-corrected chi connectivity index (χ0v) is 11.7. The number of hydrogen-bond acceptors (Lipinski definition) is 4. The van der Waals surface area contributed by atoms with Gasteiger partial charge < -0.3 is 5.32 Å². The Kier molecular flexibility index (Phi) is 3.13. The fourth-order valence-corrected chi connectivity index (χ4v) is 2.33. The Labute approximate surface area is 121 Å². The summed E-state index contributed by atoms with van der Waals surface area (Å²) in [6, 6.07) is 6.95. The van der Waals surface area contributed by atoms with Crippen molar-refractivity contribution in [2.45, 2.75) is 20.3 Å². The van der Waals surface area contributed by atoms with E-state index in [9.17, 15) is 9.59 Å². The first-order valence-corrected chi connectivity index (χ1v) is 6.58. The van der Waals surface area contributed by atoms with Crippen LogP contribution in [0.4, 0.5) is 11.6 Å². The van der Waals surface area contributed by atoms with Crippen LogP contribution in [0, 0.1) is 13.8 Å². The van der Waals surface area contributed by atoms with Gasteiger partial charge in [-0.3, -0.25) is 14.9 Å². The molecule has 21 heavy (non-hydrogen) atoms. The van der Waals surface area contributed by atoms with E-state index in [-0.39, 0.29) is 17.8 Å². The third kappa shape index (κ3) is 2.74. The van der Waals surface area contributed by atoms with Crippen molar-refractivity contribution in [2.24, 2.45) is 0 Å². The van der Waals surface area contributed by atoms with E-state index in [1.807, 2.05) is 19.9 Å². The van der Waals surface area contributed by atoms with Gasteiger partial charge in [-0.05, 0) is 43.7 Å². The van der Waals surface area contributed by atoms with Crippen LogP contribution in [0.15, 0.2) is 24.3 Å². The summed E-state index contributed by atoms with van der Waals surface area (Å²) in [5, 5.41) is 5.41. The van der Waals surface area contributed by atoms with E-state index in [4.69, 9.17) is 0 Å². The summed E-state index contributed by atoms with van der Waals surface area (Å²) in [5.41, 5.74) is 3.66. The predicted molar refractivity (Wildman–Crippen MR) is 78.2 cm³/mol. The van der Waals surface area contributed by atoms with Gasteiger partial charge in [-0.2, -0.15) is 0 Å². The molecule has 0 aliphatic carbocycles. The van der Waals surface area contributed by atoms with Crippen LogP contribution in [-0.4, -0.2) is 21.8 Å². The van der Waals surface area contributed by atoms with Crippen LogP contribution < -0.4 is 10.6 Å². The molecular weight excluding hydrogens is 268 g/mol. The number of nitrogens with one attached hydrogen (secondary N) is 2. The predicted octanol–water partition coefficient (Wildman–Crippen LogP) is 1.84. The molecule has 2 N–H and O–H groups in total. The summed E-state index contributed by atoms with van der Waals surface area (Å²) in [5.74, 6) is -0.0606. The van der Waals surface area contributed by atoms with Crippen molar-refractivity contribution in [3.63, 3.8) is 0 Å². The molecule has 0 saturated heterocycles. The fourth-order valence-electron chi connectivity index (χ4n) is 2.33. The van der Waals surface area contributed by atoms with Gasteiger partial charge in [-0.15, -0.1) is 0 Å². The monoisotopic (exact) mass is 282 g/mol. The van der Waals surface area contributed by atoms with Crippen molar-refractivity contribution < 1.29 is 9.59 Å². The van der Waals surface area contributed by atoms with Crippen LogP contribution in [0.3, 0.4) is 0 Å². The second kappa shape index (κ2) is 4.97. The zero-order valence-electron chi connectivity index (χ0n) is 11.7. The number of aryl methyl sites for hydroxylation is 2. The molecule has 0 radical (unpaired) electrons. The highest BCUT2D eigenvalue weighted by atomic mass is 16.2. The van der Waals surface area contributed by atoms with E-state index in [2.05, 4.69) is 20.6 Å². The van der Waals surface area contributed by atoms with Crippen LogP contribution in [0.2, 0.25) is 0 Å². The maximum Gasteiger partial charge on any atom is 0.258 e. The maximum atomic E-state index is 12.2. The van der Waals surface area contributed by atoms with Gasteiger partial charge in [-0.25, -0.2) is 9.97 Å². The molecule has 3 rings (SSSR count). The van der Waals surface area contributed by atoms with Gasteiger partial charge in [0.05, 0.1) is 6.42 Å². The Balaban J connectivity index is 1.83. The molecule has 2 aromatic rings. The molecule has 0 spiro atoms. The van der Waals surface area contributed by atoms with Gasteiger partial charge in [0.15, 0.2) is 0 Å². The first kappa shape index (κ1) is 13.2. The SMILES string of the molecule is Cc1cc(C)nc(NC(=O)c2ccc3c(c2)CC(=O)N3)n1. The van der Waals surface area contributed by atoms with Crippen LogP contribution in [0.1, 0.15) is 27.3 Å². The molecule has 0 atom stereocenters. The Bertz CT molecular complexity index is 735. The van der Waals surface area contributed by atoms with E-state index < -0.39 is 0 Å². The lowest BCUT2D eigenvalue weighted by Gasteiger charge is -2.06. The average molecular weight is 282 g/mol. The lowest BCUT2D eigenvalue weighted by molar-refractivity contribution is -0.115. The first-order valence-electron chi connectivity index (χ1n) is 6.58. The smallest absolute Gasteiger partial charge is 0.258 e. The molecular formula is C15H14N4O2. The van der Waals surface area contributed by atoms with E-state index in [0.29, 0.717) is 12.0 Å². The molecule has 2 heterocycles. The summed E-state index contributed by atoms with van der Waals surface area (Å²) >= 11 is 0. The normalized spacial score (nSPS) is 12.8. The lowest BCUT2D eigenvalue weighted by Crippen LogP contribution is -2.15. The molecule has 0 bridgehead atoms. The van der Waals surface area contributed by atoms with Crippen LogP contribution in [-0.2, 0) is 11.2 Å². The number of anilines is 2. The molecule has 0 unspecified atom stereocenters. The molecule has 1 aliphatic rings. The quantitative estimate of drug-likeness (QED) is 0.880. The van der Waals surface area contributed by atoms with E-state index in [1.165, 1.54) is 0 Å². The number of hydrogen-bond donors (Lipinski definition) is 2. The van der Waals surface area contributed by atoms with E-state index in [0.717, 1.165) is 22.6 Å². The lowest BCUT2D eigenvalue weighted by atomic mass is 10.1. The number of rotatable bonds is 2. The van der Waals surface area contributed by atoms with Crippen molar-refractivity contribution >= 4 is 23.5 Å². The van der Waals surface area contributed by atoms with Gasteiger partial charge in [0.1, 0.15) is 0 Å². The number of fused-ring (bicyclic) bond motifs is 1. The fraction of sp³-hybridized carbons (Fsp3) is 0.200. The molecule has 6 nitrogen and oxygen atoms in total. The molecule has 2 amide bonds. The molecule has 0 saturated carbocycles. The second-order valence-electron chi connectivity index (χ2n) is 5.03. The summed E-state index contributed by atoms with van der Waals surface area (Å²) in [7, 11) is 0. The number of amides is 2. The highest BCUT2D eigenvalue weighted by molar-refractivity contribution is 6.05. The van der Waals surface area contributed by atoms with Crippen molar-refractivity contribution in [2.75, 3.05) is 10.6 Å². The Morgan fingerprint density at radius 2 is 1.90 bits per heavy atom. The largest absolute Gasteiger partial charge is 0.326 e. The molecule has 1 aromatic carbocycles. The minimum Gasteiger partial charge on any atom is -0.326 e. The topological polar surface area (TPSA) is 84.0 Å². The molecule has 1 aromatic heterocycles. The molecule has 106 valence electrons. The first-order chi connectivity index (χ1) is 10.0. The standard InChI is InChI=1S/C15H14N4O2/c1-8-5-9(2)17-15(16-8)19-14(21)10-3-4-12-11(6-10)7-13(20)18-12/h3-6H,7H2,1-2H3,(H,18,20)(H,16,17,19,21). The summed E-state index contributed by atoms with van der Waals surface area (Å²) < 4.78 is 0. The van der Waals surface area contributed by atoms with Gasteiger partial charge in [0.2, 0.25) is 11.9 Å². The minimum absolute atomic E-state index is 0.0554. The van der Waals surface area contributed by atoms with Crippen molar-refractivity contribution in [1.82, 2.24) is 9.97 Å². The highest BCUT2D eigenvalue weighted by Crippen LogP contribution is 2.24. The third-order valence-corrected chi connectivity index (χ3v) is 3.20. The molecule has 6 heteroatoms. The maximum absolute atomic E-state index is 12.2. The number of carbonyl (C=O) groups excluding carboxylic acids is 2. The number of nitrogens with zero attached hydrogens (tertiary/aromatic N) is 2. The summed E-state index contributed by atoms with van der Waals surface area (Å²) in [4.78, 5) is 31.9. The van der Waals surface area contributed by atoms with E-state index >= 15 is 0 Å². The van der Waals surface area contributed by atoms with E-state index in [1.54, 1.807) is 18.2 Å². The highest BCUT2D eigenvalue weighted by Gasteiger charge is 2.19. The zero-order chi connectivity index (χ0) is 15.0. The van der Waals surface area contributed by atoms with Crippen molar-refractivity contribution in [3.8, 4) is 0 Å². The Morgan fingerprint density at radius 3 is 2.62 bits per heavy atom. The van der Waals surface area contributed by atoms with Gasteiger partial charge in [0, 0.05) is 22.6 Å². The van der Waals surface area contributed by atoms with Crippen molar-refractivity contribution in [3.05, 3.63) is 46.8 Å². The number of benzene rings is 1. The molecule has 1 aliphatic heterocycles. The Morgan fingerprint density at radius 1 is 1.19 bits per heavy atom.